The summed E-state index contributed by atoms with van der Waals surface area (Å²) in [6.07, 6.45) is 2.68. The van der Waals surface area contributed by atoms with Crippen LogP contribution in [0.3, 0.4) is 0 Å². The standard InChI is InChI=1S/C51H42N2/c1-51(2)46-27-13-26-44(49(46)45-32-37-18-6-7-19-38(37)33-47(45)51)40-22-11-23-41(31-40)48(53-50(52)36-16-4-3-5-17-36)29-28-34-14-10-21-39(30-34)43-25-12-20-35-15-8-9-24-42(35)43/h3-27,29-33,50,53H,28,52H2,1-2H3/b48-29-. The molecule has 1 atom stereocenters. The molecule has 8 aromatic carbocycles. The summed E-state index contributed by atoms with van der Waals surface area (Å²) in [4.78, 5) is 0. The minimum absolute atomic E-state index is 0.0992. The lowest BCUT2D eigenvalue weighted by Gasteiger charge is -2.22. The third-order valence-electron chi connectivity index (χ3n) is 11.1. The molecule has 53 heavy (non-hydrogen) atoms. The molecule has 0 aliphatic heterocycles. The van der Waals surface area contributed by atoms with Gasteiger partial charge in [-0.25, -0.2) is 0 Å². The number of nitrogens with one attached hydrogen (secondary N) is 1. The van der Waals surface area contributed by atoms with Gasteiger partial charge in [-0.2, -0.15) is 0 Å². The molecule has 1 aliphatic rings. The maximum absolute atomic E-state index is 6.85. The second kappa shape index (κ2) is 13.4. The summed E-state index contributed by atoms with van der Waals surface area (Å²) in [5.41, 5.74) is 21.5. The molecule has 0 saturated heterocycles. The Bertz CT molecular complexity index is 2660. The minimum Gasteiger partial charge on any atom is -0.366 e. The number of rotatable bonds is 8. The first-order valence-corrected chi connectivity index (χ1v) is 18.6. The Morgan fingerprint density at radius 2 is 1.21 bits per heavy atom. The quantitative estimate of drug-likeness (QED) is 0.157. The van der Waals surface area contributed by atoms with Crippen LogP contribution in [0.15, 0.2) is 182 Å². The van der Waals surface area contributed by atoms with Gasteiger partial charge in [0.2, 0.25) is 0 Å². The van der Waals surface area contributed by atoms with Gasteiger partial charge < -0.3 is 11.1 Å². The van der Waals surface area contributed by atoms with Crippen molar-refractivity contribution in [2.45, 2.75) is 31.8 Å². The summed E-state index contributed by atoms with van der Waals surface area (Å²) >= 11 is 0. The summed E-state index contributed by atoms with van der Waals surface area (Å²) in [6.45, 7) is 4.72. The molecule has 0 bridgehead atoms. The molecule has 1 aliphatic carbocycles. The first-order chi connectivity index (χ1) is 25.9. The van der Waals surface area contributed by atoms with E-state index >= 15 is 0 Å². The molecule has 1 unspecified atom stereocenters. The van der Waals surface area contributed by atoms with E-state index in [-0.39, 0.29) is 11.6 Å². The second-order valence-electron chi connectivity index (χ2n) is 14.8. The number of allylic oxidation sites excluding steroid dienone is 1. The van der Waals surface area contributed by atoms with Gasteiger partial charge in [0.25, 0.3) is 0 Å². The lowest BCUT2D eigenvalue weighted by atomic mass is 9.81. The van der Waals surface area contributed by atoms with E-state index in [4.69, 9.17) is 5.73 Å². The summed E-state index contributed by atoms with van der Waals surface area (Å²) in [6, 6.07) is 63.6. The molecule has 2 heteroatoms. The average Bonchev–Trinajstić information content (AvgIpc) is 3.43. The molecular formula is C51H42N2. The van der Waals surface area contributed by atoms with Gasteiger partial charge in [0, 0.05) is 11.1 Å². The van der Waals surface area contributed by atoms with Gasteiger partial charge in [-0.15, -0.1) is 0 Å². The topological polar surface area (TPSA) is 38.0 Å². The highest BCUT2D eigenvalue weighted by Crippen LogP contribution is 2.53. The molecule has 0 amide bonds. The van der Waals surface area contributed by atoms with E-state index in [0.717, 1.165) is 23.2 Å². The highest BCUT2D eigenvalue weighted by Gasteiger charge is 2.37. The third kappa shape index (κ3) is 6.02. The fraction of sp³-hybridized carbons (Fsp3) is 0.0980. The van der Waals surface area contributed by atoms with Crippen LogP contribution in [0.25, 0.3) is 60.6 Å². The van der Waals surface area contributed by atoms with Crippen molar-refractivity contribution in [3.63, 3.8) is 0 Å². The van der Waals surface area contributed by atoms with Gasteiger partial charge in [-0.3, -0.25) is 0 Å². The summed E-state index contributed by atoms with van der Waals surface area (Å²) in [5.74, 6) is 0. The van der Waals surface area contributed by atoms with E-state index in [1.54, 1.807) is 0 Å². The van der Waals surface area contributed by atoms with Crippen molar-refractivity contribution < 1.29 is 0 Å². The van der Waals surface area contributed by atoms with Crippen molar-refractivity contribution in [3.05, 3.63) is 210 Å². The zero-order valence-corrected chi connectivity index (χ0v) is 30.2. The molecule has 0 radical (unpaired) electrons. The first kappa shape index (κ1) is 32.7. The van der Waals surface area contributed by atoms with Crippen molar-refractivity contribution in [1.82, 2.24) is 5.32 Å². The fourth-order valence-electron chi connectivity index (χ4n) is 8.30. The molecular weight excluding hydrogens is 641 g/mol. The van der Waals surface area contributed by atoms with Gasteiger partial charge in [0.15, 0.2) is 0 Å². The van der Waals surface area contributed by atoms with Crippen LogP contribution < -0.4 is 11.1 Å². The van der Waals surface area contributed by atoms with Crippen molar-refractivity contribution in [1.29, 1.82) is 0 Å². The van der Waals surface area contributed by atoms with E-state index in [1.807, 2.05) is 18.2 Å². The smallest absolute Gasteiger partial charge is 0.101 e. The fourth-order valence-corrected chi connectivity index (χ4v) is 8.30. The van der Waals surface area contributed by atoms with Crippen LogP contribution in [0.5, 0.6) is 0 Å². The molecule has 0 saturated carbocycles. The molecule has 0 spiro atoms. The SMILES string of the molecule is CC1(C)c2cc3ccccc3cc2-c2c(-c3cccc(/C(=C/Cc4cccc(-c5cccc6ccccc56)c4)NC(N)c4ccccc4)c3)cccc21. The lowest BCUT2D eigenvalue weighted by Crippen LogP contribution is -2.27. The van der Waals surface area contributed by atoms with Crippen LogP contribution in [0.1, 0.15) is 47.8 Å². The zero-order valence-electron chi connectivity index (χ0n) is 30.2. The third-order valence-corrected chi connectivity index (χ3v) is 11.1. The summed E-state index contributed by atoms with van der Waals surface area (Å²) < 4.78 is 0. The number of benzene rings is 8. The monoisotopic (exact) mass is 682 g/mol. The second-order valence-corrected chi connectivity index (χ2v) is 14.8. The minimum atomic E-state index is -0.366. The maximum atomic E-state index is 6.85. The van der Waals surface area contributed by atoms with Crippen molar-refractivity contribution in [3.8, 4) is 33.4 Å². The lowest BCUT2D eigenvalue weighted by molar-refractivity contribution is 0.661. The van der Waals surface area contributed by atoms with Gasteiger partial charge >= 0.3 is 0 Å². The van der Waals surface area contributed by atoms with E-state index in [9.17, 15) is 0 Å². The largest absolute Gasteiger partial charge is 0.366 e. The zero-order chi connectivity index (χ0) is 35.9. The highest BCUT2D eigenvalue weighted by atomic mass is 15.0. The number of fused-ring (bicyclic) bond motifs is 5. The van der Waals surface area contributed by atoms with Gasteiger partial charge in [0.1, 0.15) is 6.17 Å². The highest BCUT2D eigenvalue weighted by molar-refractivity contribution is 5.99. The van der Waals surface area contributed by atoms with Crippen LogP contribution in [-0.4, -0.2) is 0 Å². The number of hydrogen-bond donors (Lipinski definition) is 2. The Morgan fingerprint density at radius 3 is 2.04 bits per heavy atom. The molecule has 8 aromatic rings. The number of nitrogens with two attached hydrogens (primary N) is 1. The number of hydrogen-bond acceptors (Lipinski definition) is 2. The van der Waals surface area contributed by atoms with Crippen molar-refractivity contribution in [2.24, 2.45) is 5.73 Å². The predicted molar refractivity (Wildman–Crippen MR) is 225 cm³/mol. The normalized spacial score (nSPS) is 13.8. The Labute approximate surface area is 312 Å². The van der Waals surface area contributed by atoms with E-state index in [1.165, 1.54) is 71.6 Å². The maximum Gasteiger partial charge on any atom is 0.101 e. The molecule has 0 aromatic heterocycles. The molecule has 9 rings (SSSR count). The Morgan fingerprint density at radius 1 is 0.566 bits per heavy atom. The van der Waals surface area contributed by atoms with E-state index < -0.39 is 0 Å². The first-order valence-electron chi connectivity index (χ1n) is 18.6. The molecule has 3 N–H and O–H groups in total. The van der Waals surface area contributed by atoms with Crippen LogP contribution in [0, 0.1) is 0 Å². The Balaban J connectivity index is 1.12. The molecule has 256 valence electrons. The molecule has 0 fully saturated rings. The Hall–Kier alpha value is -6.22. The Kier molecular flexibility index (Phi) is 8.26. The van der Waals surface area contributed by atoms with Crippen molar-refractivity contribution in [2.75, 3.05) is 0 Å². The van der Waals surface area contributed by atoms with Crippen LogP contribution >= 0.6 is 0 Å². The predicted octanol–water partition coefficient (Wildman–Crippen LogP) is 12.5. The summed E-state index contributed by atoms with van der Waals surface area (Å²) in [5, 5.41) is 8.78. The van der Waals surface area contributed by atoms with Gasteiger partial charge in [-0.1, -0.05) is 178 Å². The van der Waals surface area contributed by atoms with Crippen LogP contribution in [0.4, 0.5) is 0 Å². The van der Waals surface area contributed by atoms with Crippen molar-refractivity contribution >= 4 is 27.2 Å². The van der Waals surface area contributed by atoms with Gasteiger partial charge in [-0.05, 0) is 107 Å². The molecule has 0 heterocycles. The van der Waals surface area contributed by atoms with Crippen LogP contribution in [0.2, 0.25) is 0 Å². The van der Waals surface area contributed by atoms with E-state index in [0.29, 0.717) is 0 Å². The summed E-state index contributed by atoms with van der Waals surface area (Å²) in [7, 11) is 0. The van der Waals surface area contributed by atoms with Gasteiger partial charge in [0.05, 0.1) is 0 Å². The van der Waals surface area contributed by atoms with E-state index in [2.05, 4.69) is 183 Å². The average molecular weight is 683 g/mol. The molecule has 2 nitrogen and oxygen atoms in total. The van der Waals surface area contributed by atoms with Crippen LogP contribution in [-0.2, 0) is 11.8 Å².